The lowest BCUT2D eigenvalue weighted by molar-refractivity contribution is -0.125. The first-order chi connectivity index (χ1) is 10.2. The second-order valence-corrected chi connectivity index (χ2v) is 4.65. The predicted molar refractivity (Wildman–Crippen MR) is 77.6 cm³/mol. The first kappa shape index (κ1) is 14.8. The van der Waals surface area contributed by atoms with Crippen LogP contribution in [0.15, 0.2) is 24.3 Å². The van der Waals surface area contributed by atoms with Gasteiger partial charge >= 0.3 is 6.03 Å². The number of nitrogens with one attached hydrogen (secondary N) is 3. The van der Waals surface area contributed by atoms with Crippen molar-refractivity contribution >= 4 is 17.6 Å². The van der Waals surface area contributed by atoms with Crippen molar-refractivity contribution in [2.45, 2.75) is 6.04 Å². The van der Waals surface area contributed by atoms with Crippen molar-refractivity contribution in [1.29, 1.82) is 5.26 Å². The van der Waals surface area contributed by atoms with Crippen molar-refractivity contribution in [3.05, 3.63) is 29.8 Å². The Balaban J connectivity index is 2.10. The number of piperazine rings is 1. The van der Waals surface area contributed by atoms with E-state index in [2.05, 4.69) is 16.0 Å². The lowest BCUT2D eigenvalue weighted by atomic mass is 10.2. The Morgan fingerprint density at radius 3 is 3.00 bits per heavy atom. The van der Waals surface area contributed by atoms with Crippen LogP contribution in [0.4, 0.5) is 10.5 Å². The maximum atomic E-state index is 12.3. The molecule has 1 unspecified atom stereocenters. The number of hydrogen-bond acceptors (Lipinski definition) is 4. The largest absolute Gasteiger partial charge is 0.357 e. The molecule has 7 nitrogen and oxygen atoms in total. The van der Waals surface area contributed by atoms with Crippen molar-refractivity contribution in [1.82, 2.24) is 15.5 Å². The Morgan fingerprint density at radius 2 is 2.29 bits per heavy atom. The molecule has 7 heteroatoms. The van der Waals surface area contributed by atoms with Gasteiger partial charge in [-0.05, 0) is 18.2 Å². The average Bonchev–Trinajstić information content (AvgIpc) is 2.54. The average molecular weight is 287 g/mol. The second kappa shape index (κ2) is 6.72. The van der Waals surface area contributed by atoms with Gasteiger partial charge in [-0.1, -0.05) is 6.07 Å². The van der Waals surface area contributed by atoms with E-state index in [0.29, 0.717) is 30.9 Å². The number of anilines is 1. The molecular weight excluding hydrogens is 270 g/mol. The molecule has 1 aromatic rings. The van der Waals surface area contributed by atoms with Crippen LogP contribution in [0.5, 0.6) is 0 Å². The zero-order chi connectivity index (χ0) is 15.2. The van der Waals surface area contributed by atoms with Crippen LogP contribution in [0.2, 0.25) is 0 Å². The van der Waals surface area contributed by atoms with E-state index < -0.39 is 6.04 Å². The van der Waals surface area contributed by atoms with Gasteiger partial charge in [-0.3, -0.25) is 4.79 Å². The third kappa shape index (κ3) is 3.49. The molecule has 0 bridgehead atoms. The van der Waals surface area contributed by atoms with Crippen molar-refractivity contribution in [2.75, 3.05) is 32.0 Å². The van der Waals surface area contributed by atoms with Crippen LogP contribution in [0, 0.1) is 11.3 Å². The molecule has 0 saturated carbocycles. The van der Waals surface area contributed by atoms with E-state index in [0.717, 1.165) is 0 Å². The molecule has 0 aromatic heterocycles. The highest BCUT2D eigenvalue weighted by Gasteiger charge is 2.31. The summed E-state index contributed by atoms with van der Waals surface area (Å²) >= 11 is 0. The zero-order valence-corrected chi connectivity index (χ0v) is 11.7. The third-order valence-corrected chi connectivity index (χ3v) is 3.30. The standard InChI is InChI=1S/C14H17N5O2/c1-16-13(20)12-9-17-5-6-19(12)14(21)18-11-4-2-3-10(7-11)8-15/h2-4,7,12,17H,5-6,9H2,1H3,(H,16,20)(H,18,21). The van der Waals surface area contributed by atoms with Crippen LogP contribution >= 0.6 is 0 Å². The molecule has 21 heavy (non-hydrogen) atoms. The Labute approximate surface area is 122 Å². The molecule has 0 aliphatic carbocycles. The van der Waals surface area contributed by atoms with Crippen molar-refractivity contribution in [2.24, 2.45) is 0 Å². The normalized spacial score (nSPS) is 17.7. The van der Waals surface area contributed by atoms with Gasteiger partial charge in [0, 0.05) is 32.4 Å². The molecule has 3 amide bonds. The summed E-state index contributed by atoms with van der Waals surface area (Å²) in [6, 6.07) is 7.78. The fourth-order valence-corrected chi connectivity index (χ4v) is 2.21. The minimum Gasteiger partial charge on any atom is -0.357 e. The Kier molecular flexibility index (Phi) is 4.74. The second-order valence-electron chi connectivity index (χ2n) is 4.65. The van der Waals surface area contributed by atoms with Crippen molar-refractivity contribution < 1.29 is 9.59 Å². The Hall–Kier alpha value is -2.59. The molecule has 1 aromatic carbocycles. The summed E-state index contributed by atoms with van der Waals surface area (Å²) in [7, 11) is 1.55. The number of nitriles is 1. The fraction of sp³-hybridized carbons (Fsp3) is 0.357. The zero-order valence-electron chi connectivity index (χ0n) is 11.7. The van der Waals surface area contributed by atoms with Gasteiger partial charge < -0.3 is 20.9 Å². The number of rotatable bonds is 2. The van der Waals surface area contributed by atoms with Gasteiger partial charge in [0.25, 0.3) is 0 Å². The van der Waals surface area contributed by atoms with Gasteiger partial charge in [0.1, 0.15) is 6.04 Å². The highest BCUT2D eigenvalue weighted by Crippen LogP contribution is 2.12. The number of urea groups is 1. The molecule has 0 radical (unpaired) electrons. The van der Waals surface area contributed by atoms with Crippen LogP contribution in [0.1, 0.15) is 5.56 Å². The van der Waals surface area contributed by atoms with Gasteiger partial charge in [0.05, 0.1) is 11.6 Å². The van der Waals surface area contributed by atoms with E-state index in [1.165, 1.54) is 4.90 Å². The van der Waals surface area contributed by atoms with Crippen LogP contribution in [0.3, 0.4) is 0 Å². The number of benzene rings is 1. The maximum absolute atomic E-state index is 12.3. The monoisotopic (exact) mass is 287 g/mol. The molecule has 1 fully saturated rings. The van der Waals surface area contributed by atoms with Crippen LogP contribution in [-0.4, -0.2) is 49.6 Å². The maximum Gasteiger partial charge on any atom is 0.322 e. The lowest BCUT2D eigenvalue weighted by Crippen LogP contribution is -2.60. The summed E-state index contributed by atoms with van der Waals surface area (Å²) in [5, 5.41) is 17.2. The summed E-state index contributed by atoms with van der Waals surface area (Å²) < 4.78 is 0. The van der Waals surface area contributed by atoms with Crippen molar-refractivity contribution in [3.63, 3.8) is 0 Å². The number of carbonyl (C=O) groups excluding carboxylic acids is 2. The molecule has 2 rings (SSSR count). The molecule has 1 aliphatic rings. The first-order valence-corrected chi connectivity index (χ1v) is 6.66. The number of hydrogen-bond donors (Lipinski definition) is 3. The molecule has 1 aliphatic heterocycles. The van der Waals surface area contributed by atoms with Gasteiger partial charge in [0.15, 0.2) is 0 Å². The summed E-state index contributed by atoms with van der Waals surface area (Å²) in [4.78, 5) is 25.6. The minimum absolute atomic E-state index is 0.205. The number of carbonyl (C=O) groups is 2. The van der Waals surface area contributed by atoms with Crippen LogP contribution < -0.4 is 16.0 Å². The molecule has 110 valence electrons. The summed E-state index contributed by atoms with van der Waals surface area (Å²) in [6.45, 7) is 1.51. The molecule has 3 N–H and O–H groups in total. The molecule has 1 atom stereocenters. The predicted octanol–water partition coefficient (Wildman–Crippen LogP) is 0.110. The van der Waals surface area contributed by atoms with E-state index in [1.54, 1.807) is 31.3 Å². The van der Waals surface area contributed by atoms with Crippen molar-refractivity contribution in [3.8, 4) is 6.07 Å². The first-order valence-electron chi connectivity index (χ1n) is 6.66. The molecule has 1 saturated heterocycles. The van der Waals surface area contributed by atoms with Gasteiger partial charge in [-0.2, -0.15) is 5.26 Å². The summed E-state index contributed by atoms with van der Waals surface area (Å²) in [5.74, 6) is -0.205. The number of nitrogens with zero attached hydrogens (tertiary/aromatic N) is 2. The minimum atomic E-state index is -0.539. The highest BCUT2D eigenvalue weighted by atomic mass is 16.2. The van der Waals surface area contributed by atoms with Gasteiger partial charge in [-0.15, -0.1) is 0 Å². The van der Waals surface area contributed by atoms with E-state index >= 15 is 0 Å². The van der Waals surface area contributed by atoms with E-state index in [9.17, 15) is 9.59 Å². The summed E-state index contributed by atoms with van der Waals surface area (Å²) in [5.41, 5.74) is 1.00. The molecular formula is C14H17N5O2. The quantitative estimate of drug-likeness (QED) is 0.719. The highest BCUT2D eigenvalue weighted by molar-refractivity contribution is 5.94. The number of amides is 3. The molecule has 1 heterocycles. The Bertz CT molecular complexity index is 581. The fourth-order valence-electron chi connectivity index (χ4n) is 2.21. The lowest BCUT2D eigenvalue weighted by Gasteiger charge is -2.34. The number of likely N-dealkylation sites (N-methyl/N-ethyl adjacent to an activating group) is 1. The smallest absolute Gasteiger partial charge is 0.322 e. The van der Waals surface area contributed by atoms with E-state index in [-0.39, 0.29) is 11.9 Å². The third-order valence-electron chi connectivity index (χ3n) is 3.30. The SMILES string of the molecule is CNC(=O)C1CNCCN1C(=O)Nc1cccc(C#N)c1. The van der Waals surface area contributed by atoms with Crippen LogP contribution in [0.25, 0.3) is 0 Å². The van der Waals surface area contributed by atoms with Gasteiger partial charge in [0.2, 0.25) is 5.91 Å². The topological polar surface area (TPSA) is 97.3 Å². The van der Waals surface area contributed by atoms with E-state index in [4.69, 9.17) is 5.26 Å². The Morgan fingerprint density at radius 1 is 1.48 bits per heavy atom. The molecule has 0 spiro atoms. The van der Waals surface area contributed by atoms with E-state index in [1.807, 2.05) is 6.07 Å². The van der Waals surface area contributed by atoms with Crippen LogP contribution in [-0.2, 0) is 4.79 Å². The summed E-state index contributed by atoms with van der Waals surface area (Å²) in [6.07, 6.45) is 0. The van der Waals surface area contributed by atoms with Gasteiger partial charge in [-0.25, -0.2) is 4.79 Å².